The van der Waals surface area contributed by atoms with Gasteiger partial charge in [-0.05, 0) is 47.5 Å². The molecule has 1 amide bonds. The van der Waals surface area contributed by atoms with Crippen LogP contribution in [0.4, 0.5) is 0 Å². The third-order valence-corrected chi connectivity index (χ3v) is 5.44. The lowest BCUT2D eigenvalue weighted by atomic mass is 10.2. The SMILES string of the molecule is COc1ccc(COc2c(Cl)cc(-n3cnc(C(=O)NCc4ccc(O)cc4)n3)cc2Cl)cc1. The highest BCUT2D eigenvalue weighted by atomic mass is 35.5. The zero-order valence-electron chi connectivity index (χ0n) is 18.0. The number of halogens is 2. The van der Waals surface area contributed by atoms with Gasteiger partial charge in [-0.2, -0.15) is 0 Å². The standard InChI is InChI=1S/C24H20Cl2N4O4/c1-33-19-8-4-16(5-9-19)13-34-22-20(25)10-17(11-21(22)26)30-14-28-23(29-30)24(32)27-12-15-2-6-18(31)7-3-15/h2-11,14,31H,12-13H2,1H3,(H,27,32). The predicted octanol–water partition coefficient (Wildman–Crippen LogP) is 4.80. The van der Waals surface area contributed by atoms with Crippen LogP contribution in [0, 0.1) is 0 Å². The van der Waals surface area contributed by atoms with E-state index in [0.717, 1.165) is 16.9 Å². The fourth-order valence-corrected chi connectivity index (χ4v) is 3.65. The van der Waals surface area contributed by atoms with Crippen LogP contribution >= 0.6 is 23.2 Å². The number of aromatic nitrogens is 3. The predicted molar refractivity (Wildman–Crippen MR) is 128 cm³/mol. The van der Waals surface area contributed by atoms with Crippen molar-refractivity contribution in [3.8, 4) is 22.9 Å². The lowest BCUT2D eigenvalue weighted by molar-refractivity contribution is 0.0940. The summed E-state index contributed by atoms with van der Waals surface area (Å²) < 4.78 is 12.4. The number of hydrogen-bond donors (Lipinski definition) is 2. The zero-order valence-corrected chi connectivity index (χ0v) is 19.5. The number of aromatic hydroxyl groups is 1. The Labute approximate surface area is 205 Å². The van der Waals surface area contributed by atoms with E-state index in [4.69, 9.17) is 32.7 Å². The first-order chi connectivity index (χ1) is 16.4. The number of phenols is 1. The van der Waals surface area contributed by atoms with E-state index in [1.54, 1.807) is 43.5 Å². The minimum atomic E-state index is -0.441. The van der Waals surface area contributed by atoms with E-state index in [2.05, 4.69) is 15.4 Å². The van der Waals surface area contributed by atoms with Gasteiger partial charge in [0, 0.05) is 6.54 Å². The van der Waals surface area contributed by atoms with Crippen molar-refractivity contribution < 1.29 is 19.4 Å². The molecule has 0 atom stereocenters. The van der Waals surface area contributed by atoms with Crippen molar-refractivity contribution in [3.63, 3.8) is 0 Å². The first kappa shape index (κ1) is 23.4. The summed E-state index contributed by atoms with van der Waals surface area (Å²) in [5.74, 6) is 0.805. The van der Waals surface area contributed by atoms with Crippen LogP contribution in [-0.2, 0) is 13.2 Å². The Balaban J connectivity index is 1.42. The molecule has 1 aromatic heterocycles. The van der Waals surface area contributed by atoms with E-state index in [1.807, 2.05) is 24.3 Å². The van der Waals surface area contributed by atoms with Crippen molar-refractivity contribution in [2.45, 2.75) is 13.2 Å². The summed E-state index contributed by atoms with van der Waals surface area (Å²) in [7, 11) is 1.61. The second kappa shape index (κ2) is 10.5. The monoisotopic (exact) mass is 498 g/mol. The van der Waals surface area contributed by atoms with E-state index in [0.29, 0.717) is 21.5 Å². The molecule has 1 heterocycles. The van der Waals surface area contributed by atoms with Crippen LogP contribution in [0.25, 0.3) is 5.69 Å². The Hall–Kier alpha value is -3.75. The number of rotatable bonds is 8. The largest absolute Gasteiger partial charge is 0.508 e. The van der Waals surface area contributed by atoms with Crippen LogP contribution in [0.5, 0.6) is 17.2 Å². The summed E-state index contributed by atoms with van der Waals surface area (Å²) in [6.07, 6.45) is 1.40. The maximum Gasteiger partial charge on any atom is 0.291 e. The molecule has 34 heavy (non-hydrogen) atoms. The van der Waals surface area contributed by atoms with Gasteiger partial charge in [-0.25, -0.2) is 9.67 Å². The normalized spacial score (nSPS) is 10.7. The third kappa shape index (κ3) is 5.59. The van der Waals surface area contributed by atoms with Gasteiger partial charge in [-0.15, -0.1) is 5.10 Å². The number of ether oxygens (including phenoxy) is 2. The highest BCUT2D eigenvalue weighted by molar-refractivity contribution is 6.37. The van der Waals surface area contributed by atoms with Gasteiger partial charge in [-0.3, -0.25) is 4.79 Å². The average Bonchev–Trinajstić information content (AvgIpc) is 3.34. The topological polar surface area (TPSA) is 98.5 Å². The molecule has 0 spiro atoms. The van der Waals surface area contributed by atoms with Gasteiger partial charge in [0.2, 0.25) is 5.82 Å². The smallest absolute Gasteiger partial charge is 0.291 e. The highest BCUT2D eigenvalue weighted by Gasteiger charge is 2.15. The fourth-order valence-electron chi connectivity index (χ4n) is 3.06. The zero-order chi connectivity index (χ0) is 24.1. The molecule has 0 bridgehead atoms. The summed E-state index contributed by atoms with van der Waals surface area (Å²) in [4.78, 5) is 16.5. The van der Waals surface area contributed by atoms with Gasteiger partial charge in [-0.1, -0.05) is 47.5 Å². The number of nitrogens with zero attached hydrogens (tertiary/aromatic N) is 3. The molecule has 0 fully saturated rings. The molecule has 8 nitrogen and oxygen atoms in total. The third-order valence-electron chi connectivity index (χ3n) is 4.87. The van der Waals surface area contributed by atoms with Gasteiger partial charge in [0.15, 0.2) is 5.75 Å². The van der Waals surface area contributed by atoms with E-state index in [1.165, 1.54) is 11.0 Å². The van der Waals surface area contributed by atoms with Crippen LogP contribution < -0.4 is 14.8 Å². The van der Waals surface area contributed by atoms with Gasteiger partial charge in [0.25, 0.3) is 5.91 Å². The molecular formula is C24H20Cl2N4O4. The maximum atomic E-state index is 12.4. The maximum absolute atomic E-state index is 12.4. The summed E-state index contributed by atoms with van der Waals surface area (Å²) >= 11 is 12.8. The van der Waals surface area contributed by atoms with E-state index < -0.39 is 5.91 Å². The molecule has 0 saturated heterocycles. The summed E-state index contributed by atoms with van der Waals surface area (Å²) in [5, 5.41) is 16.9. The van der Waals surface area contributed by atoms with Gasteiger partial charge >= 0.3 is 0 Å². The lowest BCUT2D eigenvalue weighted by Crippen LogP contribution is -2.24. The van der Waals surface area contributed by atoms with Crippen LogP contribution in [0.3, 0.4) is 0 Å². The number of benzene rings is 3. The van der Waals surface area contributed by atoms with Crippen molar-refractivity contribution in [2.75, 3.05) is 7.11 Å². The number of carbonyl (C=O) groups is 1. The molecule has 0 radical (unpaired) electrons. The van der Waals surface area contributed by atoms with Gasteiger partial charge in [0.05, 0.1) is 22.8 Å². The average molecular weight is 499 g/mol. The van der Waals surface area contributed by atoms with Crippen molar-refractivity contribution in [2.24, 2.45) is 0 Å². The fraction of sp³-hybridized carbons (Fsp3) is 0.125. The number of carbonyl (C=O) groups excluding carboxylic acids is 1. The molecule has 4 aromatic rings. The minimum absolute atomic E-state index is 0.00847. The molecule has 4 rings (SSSR count). The highest BCUT2D eigenvalue weighted by Crippen LogP contribution is 2.35. The quantitative estimate of drug-likeness (QED) is 0.362. The molecule has 3 aromatic carbocycles. The van der Waals surface area contributed by atoms with Crippen molar-refractivity contribution in [1.82, 2.24) is 20.1 Å². The van der Waals surface area contributed by atoms with Gasteiger partial charge < -0.3 is 19.9 Å². The number of amides is 1. The second-order valence-corrected chi connectivity index (χ2v) is 8.05. The molecule has 0 aliphatic heterocycles. The first-order valence-corrected chi connectivity index (χ1v) is 10.9. The number of phenolic OH excluding ortho intramolecular Hbond substituents is 1. The van der Waals surface area contributed by atoms with Crippen molar-refractivity contribution >= 4 is 29.1 Å². The second-order valence-electron chi connectivity index (χ2n) is 7.24. The first-order valence-electron chi connectivity index (χ1n) is 10.2. The van der Waals surface area contributed by atoms with E-state index >= 15 is 0 Å². The van der Waals surface area contributed by atoms with Gasteiger partial charge in [0.1, 0.15) is 24.4 Å². The Morgan fingerprint density at radius 1 is 1.03 bits per heavy atom. The van der Waals surface area contributed by atoms with Crippen LogP contribution in [0.1, 0.15) is 21.7 Å². The molecule has 0 aliphatic carbocycles. The molecule has 0 unspecified atom stereocenters. The molecule has 2 N–H and O–H groups in total. The minimum Gasteiger partial charge on any atom is -0.508 e. The summed E-state index contributed by atoms with van der Waals surface area (Å²) in [6.45, 7) is 0.545. The number of hydrogen-bond acceptors (Lipinski definition) is 6. The van der Waals surface area contributed by atoms with E-state index in [-0.39, 0.29) is 24.7 Å². The lowest BCUT2D eigenvalue weighted by Gasteiger charge is -2.12. The van der Waals surface area contributed by atoms with Crippen molar-refractivity contribution in [1.29, 1.82) is 0 Å². The molecule has 174 valence electrons. The Morgan fingerprint density at radius 3 is 2.32 bits per heavy atom. The van der Waals surface area contributed by atoms with Crippen LogP contribution in [-0.4, -0.2) is 32.9 Å². The Morgan fingerprint density at radius 2 is 1.68 bits per heavy atom. The number of nitrogens with one attached hydrogen (secondary N) is 1. The van der Waals surface area contributed by atoms with E-state index in [9.17, 15) is 9.90 Å². The Kier molecular flexibility index (Phi) is 7.20. The Bertz CT molecular complexity index is 1270. The molecule has 10 heteroatoms. The summed E-state index contributed by atoms with van der Waals surface area (Å²) in [6, 6.07) is 17.2. The summed E-state index contributed by atoms with van der Waals surface area (Å²) in [5.41, 5.74) is 2.28. The van der Waals surface area contributed by atoms with Crippen LogP contribution in [0.15, 0.2) is 67.0 Å². The molecule has 0 aliphatic rings. The van der Waals surface area contributed by atoms with Crippen LogP contribution in [0.2, 0.25) is 10.0 Å². The molecular weight excluding hydrogens is 479 g/mol. The molecule has 0 saturated carbocycles. The number of methoxy groups -OCH3 is 1. The van der Waals surface area contributed by atoms with Crippen molar-refractivity contribution in [3.05, 3.63) is 94.0 Å².